The Balaban J connectivity index is 1.35. The summed E-state index contributed by atoms with van der Waals surface area (Å²) in [6.07, 6.45) is 5.31. The molecule has 1 amide bonds. The minimum atomic E-state index is -0.146. The van der Waals surface area contributed by atoms with Crippen molar-refractivity contribution >= 4 is 27.7 Å². The van der Waals surface area contributed by atoms with Gasteiger partial charge in [-0.3, -0.25) is 14.3 Å². The lowest BCUT2D eigenvalue weighted by Gasteiger charge is -2.32. The number of fused-ring (bicyclic) bond motifs is 3. The van der Waals surface area contributed by atoms with Gasteiger partial charge in [0.05, 0.1) is 28.7 Å². The third kappa shape index (κ3) is 3.93. The molecule has 2 aromatic heterocycles. The van der Waals surface area contributed by atoms with E-state index in [-0.39, 0.29) is 17.5 Å². The number of nitrogens with one attached hydrogen (secondary N) is 1. The average Bonchev–Trinajstić information content (AvgIpc) is 3.35. The summed E-state index contributed by atoms with van der Waals surface area (Å²) in [7, 11) is 0. The zero-order chi connectivity index (χ0) is 23.9. The van der Waals surface area contributed by atoms with Crippen molar-refractivity contribution in [1.82, 2.24) is 19.7 Å². The molecule has 0 atom stereocenters. The first-order chi connectivity index (χ1) is 17.1. The molecule has 180 valence electrons. The van der Waals surface area contributed by atoms with Gasteiger partial charge < -0.3 is 14.6 Å². The van der Waals surface area contributed by atoms with Crippen molar-refractivity contribution < 1.29 is 9.53 Å². The Labute approximate surface area is 203 Å². The van der Waals surface area contributed by atoms with Gasteiger partial charge in [-0.15, -0.1) is 0 Å². The maximum atomic E-state index is 13.7. The van der Waals surface area contributed by atoms with E-state index in [1.165, 1.54) is 5.56 Å². The molecule has 0 saturated carbocycles. The molecule has 2 aromatic carbocycles. The number of amides is 1. The second-order valence-corrected chi connectivity index (χ2v) is 9.84. The van der Waals surface area contributed by atoms with Crippen LogP contribution in [0.5, 0.6) is 0 Å². The number of aryl methyl sites for hydroxylation is 1. The van der Waals surface area contributed by atoms with Crippen molar-refractivity contribution in [3.8, 4) is 0 Å². The summed E-state index contributed by atoms with van der Waals surface area (Å²) in [6, 6.07) is 14.7. The van der Waals surface area contributed by atoms with Crippen LogP contribution >= 0.6 is 0 Å². The number of pyridine rings is 1. The predicted octanol–water partition coefficient (Wildman–Crippen LogP) is 4.56. The highest BCUT2D eigenvalue weighted by Gasteiger charge is 2.27. The Morgan fingerprint density at radius 2 is 1.77 bits per heavy atom. The number of piperidine rings is 1. The Bertz CT molecular complexity index is 1440. The molecule has 0 bridgehead atoms. The molecule has 2 aliphatic rings. The van der Waals surface area contributed by atoms with Crippen molar-refractivity contribution in [2.75, 3.05) is 26.3 Å². The summed E-state index contributed by atoms with van der Waals surface area (Å²) >= 11 is 0. The maximum Gasteiger partial charge on any atom is 0.259 e. The SMILES string of the molecule is Cc1cc2[nH]c(=O)c3cnn(C4CCOCC4)c3c2cc1C(=O)N1CCC(c2ccccc2)CC1. The van der Waals surface area contributed by atoms with Crippen LogP contribution in [0.4, 0.5) is 0 Å². The van der Waals surface area contributed by atoms with Crippen LogP contribution in [0.2, 0.25) is 0 Å². The average molecular weight is 471 g/mol. The van der Waals surface area contributed by atoms with Crippen LogP contribution in [0.1, 0.15) is 59.1 Å². The number of nitrogens with zero attached hydrogens (tertiary/aromatic N) is 3. The molecule has 0 aliphatic carbocycles. The van der Waals surface area contributed by atoms with E-state index in [4.69, 9.17) is 4.74 Å². The number of likely N-dealkylation sites (tertiary alicyclic amines) is 1. The Hall–Kier alpha value is -3.45. The van der Waals surface area contributed by atoms with Crippen molar-refractivity contribution in [2.24, 2.45) is 0 Å². The van der Waals surface area contributed by atoms with Crippen LogP contribution in [0.15, 0.2) is 53.5 Å². The maximum absolute atomic E-state index is 13.7. The van der Waals surface area contributed by atoms with Gasteiger partial charge in [0.25, 0.3) is 11.5 Å². The van der Waals surface area contributed by atoms with Crippen molar-refractivity contribution in [2.45, 2.75) is 44.6 Å². The molecular weight excluding hydrogens is 440 g/mol. The fourth-order valence-corrected chi connectivity index (χ4v) is 5.74. The van der Waals surface area contributed by atoms with Gasteiger partial charge in [-0.2, -0.15) is 5.10 Å². The number of hydrogen-bond donors (Lipinski definition) is 1. The van der Waals surface area contributed by atoms with Gasteiger partial charge in [0.15, 0.2) is 0 Å². The van der Waals surface area contributed by atoms with Gasteiger partial charge in [0.1, 0.15) is 0 Å². The molecule has 2 saturated heterocycles. The molecule has 2 aliphatic heterocycles. The highest BCUT2D eigenvalue weighted by molar-refractivity contribution is 6.07. The van der Waals surface area contributed by atoms with Gasteiger partial charge in [-0.05, 0) is 61.8 Å². The van der Waals surface area contributed by atoms with E-state index in [1.54, 1.807) is 6.20 Å². The molecule has 7 heteroatoms. The highest BCUT2D eigenvalue weighted by Crippen LogP contribution is 2.32. The van der Waals surface area contributed by atoms with Crippen molar-refractivity contribution in [1.29, 1.82) is 0 Å². The molecule has 6 rings (SSSR count). The summed E-state index contributed by atoms with van der Waals surface area (Å²) in [6.45, 7) is 4.82. The summed E-state index contributed by atoms with van der Waals surface area (Å²) in [4.78, 5) is 31.4. The zero-order valence-electron chi connectivity index (χ0n) is 20.0. The van der Waals surface area contributed by atoms with E-state index < -0.39 is 0 Å². The number of aromatic amines is 1. The number of aromatic nitrogens is 3. The van der Waals surface area contributed by atoms with E-state index in [2.05, 4.69) is 34.3 Å². The third-order valence-corrected chi connectivity index (χ3v) is 7.73. The fourth-order valence-electron chi connectivity index (χ4n) is 5.74. The zero-order valence-corrected chi connectivity index (χ0v) is 20.0. The standard InChI is InChI=1S/C28H30N4O3/c1-18-15-25-23(26-24(27(33)30-25)17-29-32(26)21-9-13-35-14-10-21)16-22(18)28(34)31-11-7-20(8-12-31)19-5-3-2-4-6-19/h2-6,15-17,20-21H,7-14H2,1H3,(H,30,33). The summed E-state index contributed by atoms with van der Waals surface area (Å²) in [5.41, 5.74) is 4.34. The number of carbonyl (C=O) groups is 1. The molecule has 35 heavy (non-hydrogen) atoms. The van der Waals surface area contributed by atoms with E-state index >= 15 is 0 Å². The molecule has 4 aromatic rings. The number of carbonyl (C=O) groups excluding carboxylic acids is 1. The van der Waals surface area contributed by atoms with Gasteiger partial charge in [-0.1, -0.05) is 30.3 Å². The lowest BCUT2D eigenvalue weighted by atomic mass is 9.89. The van der Waals surface area contributed by atoms with Crippen LogP contribution in [0.3, 0.4) is 0 Å². The highest BCUT2D eigenvalue weighted by atomic mass is 16.5. The molecule has 0 radical (unpaired) electrons. The smallest absolute Gasteiger partial charge is 0.259 e. The van der Waals surface area contributed by atoms with Gasteiger partial charge in [0, 0.05) is 37.3 Å². The van der Waals surface area contributed by atoms with Crippen molar-refractivity contribution in [3.05, 3.63) is 75.7 Å². The lowest BCUT2D eigenvalue weighted by Crippen LogP contribution is -2.38. The number of ether oxygens (including phenoxy) is 1. The largest absolute Gasteiger partial charge is 0.381 e. The molecule has 1 N–H and O–H groups in total. The number of H-pyrrole nitrogens is 1. The van der Waals surface area contributed by atoms with Crippen LogP contribution in [-0.2, 0) is 4.74 Å². The molecule has 7 nitrogen and oxygen atoms in total. The minimum Gasteiger partial charge on any atom is -0.381 e. The second kappa shape index (κ2) is 8.96. The Morgan fingerprint density at radius 3 is 2.51 bits per heavy atom. The first-order valence-electron chi connectivity index (χ1n) is 12.6. The van der Waals surface area contributed by atoms with E-state index in [1.807, 2.05) is 34.7 Å². The van der Waals surface area contributed by atoms with Crippen LogP contribution in [-0.4, -0.2) is 51.9 Å². The summed E-state index contributed by atoms with van der Waals surface area (Å²) < 4.78 is 7.51. The van der Waals surface area contributed by atoms with Gasteiger partial charge in [0.2, 0.25) is 0 Å². The first-order valence-corrected chi connectivity index (χ1v) is 12.6. The second-order valence-electron chi connectivity index (χ2n) is 9.84. The fraction of sp³-hybridized carbons (Fsp3) is 0.393. The molecular formula is C28H30N4O3. The van der Waals surface area contributed by atoms with E-state index in [0.717, 1.165) is 60.8 Å². The van der Waals surface area contributed by atoms with Gasteiger partial charge in [-0.25, -0.2) is 0 Å². The van der Waals surface area contributed by atoms with Crippen LogP contribution in [0.25, 0.3) is 21.8 Å². The number of benzene rings is 2. The normalized spacial score (nSPS) is 17.9. The lowest BCUT2D eigenvalue weighted by molar-refractivity contribution is 0.0675. The molecule has 2 fully saturated rings. The molecule has 4 heterocycles. The molecule has 0 unspecified atom stereocenters. The summed E-state index contributed by atoms with van der Waals surface area (Å²) in [5.74, 6) is 0.559. The van der Waals surface area contributed by atoms with Crippen LogP contribution < -0.4 is 5.56 Å². The van der Waals surface area contributed by atoms with E-state index in [9.17, 15) is 9.59 Å². The number of hydrogen-bond acceptors (Lipinski definition) is 4. The van der Waals surface area contributed by atoms with Gasteiger partial charge >= 0.3 is 0 Å². The number of rotatable bonds is 3. The molecule has 0 spiro atoms. The van der Waals surface area contributed by atoms with Crippen LogP contribution in [0, 0.1) is 6.92 Å². The Kier molecular flexibility index (Phi) is 5.65. The topological polar surface area (TPSA) is 80.2 Å². The van der Waals surface area contributed by atoms with E-state index in [0.29, 0.717) is 30.1 Å². The third-order valence-electron chi connectivity index (χ3n) is 7.73. The van der Waals surface area contributed by atoms with Crippen molar-refractivity contribution in [3.63, 3.8) is 0 Å². The minimum absolute atomic E-state index is 0.0624. The first kappa shape index (κ1) is 22.0. The Morgan fingerprint density at radius 1 is 1.03 bits per heavy atom. The quantitative estimate of drug-likeness (QED) is 0.476. The monoisotopic (exact) mass is 470 g/mol. The summed E-state index contributed by atoms with van der Waals surface area (Å²) in [5, 5.41) is 6.04. The predicted molar refractivity (Wildman–Crippen MR) is 136 cm³/mol.